The monoisotopic (exact) mass is 570 g/mol. The summed E-state index contributed by atoms with van der Waals surface area (Å²) >= 11 is 6.06. The van der Waals surface area contributed by atoms with E-state index >= 15 is 0 Å². The molecule has 2 aliphatic rings. The number of carbonyl (C=O) groups is 2. The van der Waals surface area contributed by atoms with E-state index in [1.165, 1.54) is 12.1 Å². The van der Waals surface area contributed by atoms with Crippen molar-refractivity contribution in [3.05, 3.63) is 101 Å². The van der Waals surface area contributed by atoms with Crippen LogP contribution in [0, 0.1) is 0 Å². The molecular weight excluding hydrogens is 541 g/mol. The van der Waals surface area contributed by atoms with Crippen LogP contribution in [0.4, 0.5) is 13.2 Å². The van der Waals surface area contributed by atoms with E-state index in [9.17, 15) is 22.8 Å². The van der Waals surface area contributed by atoms with Gasteiger partial charge in [-0.05, 0) is 79.6 Å². The summed E-state index contributed by atoms with van der Waals surface area (Å²) in [5.74, 6) is -0.330. The second kappa shape index (κ2) is 11.2. The molecule has 1 N–H and O–H groups in total. The van der Waals surface area contributed by atoms with Crippen LogP contribution < -0.4 is 10.1 Å². The van der Waals surface area contributed by atoms with E-state index in [2.05, 4.69) is 5.32 Å². The standard InChI is InChI=1S/C31H30ClF3N2O3/c32-25-11-7-23(8-12-25)29(17-18-29)28(39)37-20-4-16-30(21-37,27(38)36-19-15-22-5-2-1-3-6-22)40-26-13-9-24(10-14-26)31(33,34)35/h1-3,5-14H,4,15-21H2,(H,36,38)/t30-/m1/s1. The minimum atomic E-state index is -4.49. The van der Waals surface area contributed by atoms with Gasteiger partial charge >= 0.3 is 6.18 Å². The maximum absolute atomic E-state index is 13.9. The van der Waals surface area contributed by atoms with E-state index in [4.69, 9.17) is 16.3 Å². The molecule has 1 saturated carbocycles. The highest BCUT2D eigenvalue weighted by molar-refractivity contribution is 6.30. The van der Waals surface area contributed by atoms with Crippen LogP contribution in [0.1, 0.15) is 42.4 Å². The van der Waals surface area contributed by atoms with Gasteiger partial charge in [-0.15, -0.1) is 0 Å². The van der Waals surface area contributed by atoms with Crippen molar-refractivity contribution in [2.24, 2.45) is 0 Å². The number of likely N-dealkylation sites (tertiary alicyclic amines) is 1. The van der Waals surface area contributed by atoms with Crippen molar-refractivity contribution < 1.29 is 27.5 Å². The van der Waals surface area contributed by atoms with Gasteiger partial charge < -0.3 is 15.0 Å². The number of ether oxygens (including phenoxy) is 1. The Bertz CT molecular complexity index is 1340. The van der Waals surface area contributed by atoms with Crippen LogP contribution in [0.3, 0.4) is 0 Å². The summed E-state index contributed by atoms with van der Waals surface area (Å²) in [5.41, 5.74) is -0.972. The fourth-order valence-electron chi connectivity index (χ4n) is 5.40. The third-order valence-corrected chi connectivity index (χ3v) is 8.00. The van der Waals surface area contributed by atoms with Crippen molar-refractivity contribution in [2.45, 2.75) is 49.3 Å². The fourth-order valence-corrected chi connectivity index (χ4v) is 5.52. The molecule has 2 fully saturated rings. The van der Waals surface area contributed by atoms with Crippen molar-refractivity contribution >= 4 is 23.4 Å². The Balaban J connectivity index is 1.37. The zero-order chi connectivity index (χ0) is 28.4. The van der Waals surface area contributed by atoms with Gasteiger partial charge in [-0.2, -0.15) is 13.2 Å². The Morgan fingerprint density at radius 2 is 1.60 bits per heavy atom. The number of hydrogen-bond donors (Lipinski definition) is 1. The molecule has 0 radical (unpaired) electrons. The van der Waals surface area contributed by atoms with Gasteiger partial charge in [0.25, 0.3) is 5.91 Å². The van der Waals surface area contributed by atoms with Crippen molar-refractivity contribution in [3.63, 3.8) is 0 Å². The molecule has 5 nitrogen and oxygen atoms in total. The summed E-state index contributed by atoms with van der Waals surface area (Å²) < 4.78 is 45.6. The molecule has 1 atom stereocenters. The van der Waals surface area contributed by atoms with Gasteiger partial charge in [0.2, 0.25) is 11.5 Å². The number of benzene rings is 3. The van der Waals surface area contributed by atoms with Crippen LogP contribution in [0.2, 0.25) is 5.02 Å². The highest BCUT2D eigenvalue weighted by Crippen LogP contribution is 2.50. The molecule has 0 spiro atoms. The zero-order valence-corrected chi connectivity index (χ0v) is 22.6. The lowest BCUT2D eigenvalue weighted by atomic mass is 9.88. The molecule has 0 aromatic heterocycles. The molecule has 1 saturated heterocycles. The van der Waals surface area contributed by atoms with Crippen molar-refractivity contribution in [3.8, 4) is 5.75 Å². The average molecular weight is 571 g/mol. The quantitative estimate of drug-likeness (QED) is 0.351. The molecule has 3 aromatic rings. The Morgan fingerprint density at radius 1 is 0.925 bits per heavy atom. The van der Waals surface area contributed by atoms with Gasteiger partial charge in [0.1, 0.15) is 5.75 Å². The minimum absolute atomic E-state index is 0.000629. The first kappa shape index (κ1) is 28.0. The molecule has 1 aliphatic heterocycles. The number of alkyl halides is 3. The summed E-state index contributed by atoms with van der Waals surface area (Å²) in [4.78, 5) is 29.3. The van der Waals surface area contributed by atoms with Crippen molar-refractivity contribution in [2.75, 3.05) is 19.6 Å². The Morgan fingerprint density at radius 3 is 2.23 bits per heavy atom. The number of amides is 2. The van der Waals surface area contributed by atoms with E-state index < -0.39 is 28.7 Å². The minimum Gasteiger partial charge on any atom is -0.476 e. The molecule has 3 aromatic carbocycles. The van der Waals surface area contributed by atoms with Gasteiger partial charge in [0.05, 0.1) is 17.5 Å². The van der Waals surface area contributed by atoms with Crippen molar-refractivity contribution in [1.82, 2.24) is 10.2 Å². The normalized spacial score (nSPS) is 20.1. The maximum Gasteiger partial charge on any atom is 0.416 e. The summed E-state index contributed by atoms with van der Waals surface area (Å²) in [7, 11) is 0. The molecule has 0 unspecified atom stereocenters. The number of hydrogen-bond acceptors (Lipinski definition) is 3. The highest BCUT2D eigenvalue weighted by atomic mass is 35.5. The second-order valence-corrected chi connectivity index (χ2v) is 11.0. The van der Waals surface area contributed by atoms with Gasteiger partial charge in [-0.25, -0.2) is 0 Å². The molecule has 5 rings (SSSR count). The number of piperidine rings is 1. The molecule has 9 heteroatoms. The highest BCUT2D eigenvalue weighted by Gasteiger charge is 2.55. The summed E-state index contributed by atoms with van der Waals surface area (Å²) in [6.07, 6.45) is -1.66. The van der Waals surface area contributed by atoms with Crippen LogP contribution in [-0.2, 0) is 27.6 Å². The third-order valence-electron chi connectivity index (χ3n) is 7.75. The average Bonchev–Trinajstić information content (AvgIpc) is 3.75. The van der Waals surface area contributed by atoms with Crippen LogP contribution in [-0.4, -0.2) is 41.9 Å². The number of halogens is 4. The Hall–Kier alpha value is -3.52. The van der Waals surface area contributed by atoms with E-state index in [1.54, 1.807) is 17.0 Å². The lowest BCUT2D eigenvalue weighted by molar-refractivity contribution is -0.149. The first-order valence-electron chi connectivity index (χ1n) is 13.4. The first-order valence-corrected chi connectivity index (χ1v) is 13.7. The van der Waals surface area contributed by atoms with Gasteiger partial charge in [-0.1, -0.05) is 54.1 Å². The third kappa shape index (κ3) is 5.97. The molecule has 1 aliphatic carbocycles. The largest absolute Gasteiger partial charge is 0.476 e. The number of rotatable bonds is 8. The smallest absolute Gasteiger partial charge is 0.416 e. The predicted molar refractivity (Wildman–Crippen MR) is 146 cm³/mol. The van der Waals surface area contributed by atoms with E-state index in [-0.39, 0.29) is 18.2 Å². The summed E-state index contributed by atoms with van der Waals surface area (Å²) in [6, 6.07) is 21.2. The maximum atomic E-state index is 13.9. The SMILES string of the molecule is O=C(N1CCC[C@](Oc2ccc(C(F)(F)F)cc2)(C(=O)NCCc2ccccc2)C1)C1(c2ccc(Cl)cc2)CC1. The van der Waals surface area contributed by atoms with E-state index in [0.29, 0.717) is 50.2 Å². The lowest BCUT2D eigenvalue weighted by Crippen LogP contribution is -2.62. The number of carbonyl (C=O) groups excluding carboxylic acids is 2. The zero-order valence-electron chi connectivity index (χ0n) is 21.8. The first-order chi connectivity index (χ1) is 19.1. The molecule has 40 heavy (non-hydrogen) atoms. The van der Waals surface area contributed by atoms with E-state index in [1.807, 2.05) is 42.5 Å². The van der Waals surface area contributed by atoms with E-state index in [0.717, 1.165) is 23.3 Å². The van der Waals surface area contributed by atoms with Gasteiger partial charge in [0.15, 0.2) is 0 Å². The molecular formula is C31H30ClF3N2O3. The molecule has 1 heterocycles. The molecule has 2 amide bonds. The second-order valence-electron chi connectivity index (χ2n) is 10.5. The number of nitrogens with zero attached hydrogens (tertiary/aromatic N) is 1. The van der Waals surface area contributed by atoms with Crippen LogP contribution in [0.15, 0.2) is 78.9 Å². The number of nitrogens with one attached hydrogen (secondary N) is 1. The Kier molecular flexibility index (Phi) is 7.82. The summed E-state index contributed by atoms with van der Waals surface area (Å²) in [6.45, 7) is 0.812. The van der Waals surface area contributed by atoms with Gasteiger partial charge in [-0.3, -0.25) is 9.59 Å². The fraction of sp³-hybridized carbons (Fsp3) is 0.355. The summed E-state index contributed by atoms with van der Waals surface area (Å²) in [5, 5.41) is 3.54. The molecule has 210 valence electrons. The predicted octanol–water partition coefficient (Wildman–Crippen LogP) is 6.19. The Labute approximate surface area is 236 Å². The topological polar surface area (TPSA) is 58.6 Å². The lowest BCUT2D eigenvalue weighted by Gasteiger charge is -2.42. The van der Waals surface area contributed by atoms with Crippen molar-refractivity contribution in [1.29, 1.82) is 0 Å². The van der Waals surface area contributed by atoms with Gasteiger partial charge in [0, 0.05) is 18.1 Å². The van der Waals surface area contributed by atoms with Crippen LogP contribution in [0.5, 0.6) is 5.75 Å². The van der Waals surface area contributed by atoms with Crippen LogP contribution >= 0.6 is 11.6 Å². The van der Waals surface area contributed by atoms with Crippen LogP contribution in [0.25, 0.3) is 0 Å². The molecule has 0 bridgehead atoms.